The van der Waals surface area contributed by atoms with E-state index in [0.29, 0.717) is 6.04 Å². The lowest BCUT2D eigenvalue weighted by molar-refractivity contribution is 0.318. The van der Waals surface area contributed by atoms with Gasteiger partial charge in [-0.25, -0.2) is 4.99 Å². The zero-order chi connectivity index (χ0) is 11.0. The number of rotatable bonds is 1. The highest BCUT2D eigenvalue weighted by Crippen LogP contribution is 2.33. The Balaban J connectivity index is 1.89. The van der Waals surface area contributed by atoms with E-state index in [4.69, 9.17) is 5.73 Å². The van der Waals surface area contributed by atoms with E-state index in [1.54, 1.807) is 0 Å². The lowest BCUT2D eigenvalue weighted by atomic mass is 9.97. The molecule has 1 fully saturated rings. The fraction of sp³-hybridized carbons (Fsp3) is 0.462. The first-order valence-corrected chi connectivity index (χ1v) is 5.99. The molecule has 0 aliphatic carbocycles. The molecule has 2 heterocycles. The number of nitrogens with two attached hydrogens (primary N) is 1. The van der Waals surface area contributed by atoms with Gasteiger partial charge in [0.05, 0.1) is 6.04 Å². The first kappa shape index (κ1) is 9.70. The number of hydrogen-bond donors (Lipinski definition) is 1. The Bertz CT molecular complexity index is 399. The fourth-order valence-electron chi connectivity index (χ4n) is 2.81. The van der Waals surface area contributed by atoms with Crippen molar-refractivity contribution in [2.45, 2.75) is 31.3 Å². The van der Waals surface area contributed by atoms with Crippen LogP contribution in [0.4, 0.5) is 0 Å². The Morgan fingerprint density at radius 3 is 2.88 bits per heavy atom. The van der Waals surface area contributed by atoms with Crippen LogP contribution in [0.5, 0.6) is 0 Å². The first-order chi connectivity index (χ1) is 7.84. The highest BCUT2D eigenvalue weighted by atomic mass is 15.3. The molecule has 3 heteroatoms. The third-order valence-corrected chi connectivity index (χ3v) is 3.64. The van der Waals surface area contributed by atoms with Crippen molar-refractivity contribution in [1.29, 1.82) is 0 Å². The van der Waals surface area contributed by atoms with Crippen LogP contribution in [0.1, 0.15) is 30.9 Å². The molecule has 16 heavy (non-hydrogen) atoms. The molecule has 1 aromatic carbocycles. The maximum Gasteiger partial charge on any atom is 0.192 e. The summed E-state index contributed by atoms with van der Waals surface area (Å²) < 4.78 is 0. The number of fused-ring (bicyclic) bond motifs is 1. The number of aliphatic imine (C=N–C) groups is 1. The van der Waals surface area contributed by atoms with Gasteiger partial charge in [0.25, 0.3) is 0 Å². The number of hydrogen-bond acceptors (Lipinski definition) is 3. The highest BCUT2D eigenvalue weighted by Gasteiger charge is 2.32. The SMILES string of the molecule is NC1=N[C@@H](c2ccccc2)C[C@H]2CCCN12. The van der Waals surface area contributed by atoms with Crippen LogP contribution >= 0.6 is 0 Å². The van der Waals surface area contributed by atoms with Crippen LogP contribution in [0, 0.1) is 0 Å². The van der Waals surface area contributed by atoms with Crippen LogP contribution < -0.4 is 5.73 Å². The Labute approximate surface area is 96.0 Å². The average Bonchev–Trinajstić information content (AvgIpc) is 2.79. The molecule has 2 aliphatic heterocycles. The minimum absolute atomic E-state index is 0.264. The minimum atomic E-state index is 0.264. The summed E-state index contributed by atoms with van der Waals surface area (Å²) in [5.74, 6) is 0.739. The third-order valence-electron chi connectivity index (χ3n) is 3.64. The number of nitrogens with zero attached hydrogens (tertiary/aromatic N) is 2. The molecule has 2 atom stereocenters. The standard InChI is InChI=1S/C13H17N3/c14-13-15-12(10-5-2-1-3-6-10)9-11-7-4-8-16(11)13/h1-3,5-6,11-12H,4,7-9H2,(H2,14,15)/t11-,12-/m1/s1. The van der Waals surface area contributed by atoms with Crippen molar-refractivity contribution in [2.75, 3.05) is 6.54 Å². The lowest BCUT2D eigenvalue weighted by Gasteiger charge is -2.33. The summed E-state index contributed by atoms with van der Waals surface area (Å²) in [5.41, 5.74) is 7.31. The van der Waals surface area contributed by atoms with Crippen LogP contribution in [0.2, 0.25) is 0 Å². The molecule has 3 nitrogen and oxygen atoms in total. The van der Waals surface area contributed by atoms with E-state index in [1.165, 1.54) is 18.4 Å². The lowest BCUT2D eigenvalue weighted by Crippen LogP contribution is -2.44. The smallest absolute Gasteiger partial charge is 0.192 e. The quantitative estimate of drug-likeness (QED) is 0.777. The van der Waals surface area contributed by atoms with Gasteiger partial charge in [-0.15, -0.1) is 0 Å². The molecule has 0 unspecified atom stereocenters. The van der Waals surface area contributed by atoms with Gasteiger partial charge in [0, 0.05) is 12.6 Å². The average molecular weight is 215 g/mol. The van der Waals surface area contributed by atoms with Gasteiger partial charge >= 0.3 is 0 Å². The molecule has 2 N–H and O–H groups in total. The van der Waals surface area contributed by atoms with Crippen LogP contribution in [0.15, 0.2) is 35.3 Å². The van der Waals surface area contributed by atoms with Crippen LogP contribution in [-0.2, 0) is 0 Å². The zero-order valence-electron chi connectivity index (χ0n) is 9.34. The second-order valence-electron chi connectivity index (χ2n) is 4.64. The van der Waals surface area contributed by atoms with Crippen LogP contribution in [0.25, 0.3) is 0 Å². The molecule has 0 spiro atoms. The predicted molar refractivity (Wildman–Crippen MR) is 65.2 cm³/mol. The molecule has 3 rings (SSSR count). The third kappa shape index (κ3) is 1.56. The summed E-state index contributed by atoms with van der Waals surface area (Å²) in [6.45, 7) is 1.08. The van der Waals surface area contributed by atoms with Crippen LogP contribution in [0.3, 0.4) is 0 Å². The van der Waals surface area contributed by atoms with Gasteiger partial charge in [-0.2, -0.15) is 0 Å². The Morgan fingerprint density at radius 2 is 2.06 bits per heavy atom. The monoisotopic (exact) mass is 215 g/mol. The zero-order valence-corrected chi connectivity index (χ0v) is 9.34. The Morgan fingerprint density at radius 1 is 1.25 bits per heavy atom. The summed E-state index contributed by atoms with van der Waals surface area (Å²) in [6.07, 6.45) is 3.63. The van der Waals surface area contributed by atoms with E-state index in [9.17, 15) is 0 Å². The summed E-state index contributed by atoms with van der Waals surface area (Å²) >= 11 is 0. The van der Waals surface area contributed by atoms with Gasteiger partial charge in [-0.05, 0) is 24.8 Å². The maximum absolute atomic E-state index is 6.02. The van der Waals surface area contributed by atoms with Crippen molar-refractivity contribution >= 4 is 5.96 Å². The van der Waals surface area contributed by atoms with E-state index in [1.807, 2.05) is 6.07 Å². The molecule has 2 aliphatic rings. The van der Waals surface area contributed by atoms with Crippen molar-refractivity contribution in [3.05, 3.63) is 35.9 Å². The Kier molecular flexibility index (Phi) is 2.31. The second kappa shape index (κ2) is 3.81. The summed E-state index contributed by atoms with van der Waals surface area (Å²) in [5, 5.41) is 0. The molecule has 0 bridgehead atoms. The first-order valence-electron chi connectivity index (χ1n) is 5.99. The van der Waals surface area contributed by atoms with Gasteiger partial charge in [0.15, 0.2) is 5.96 Å². The van der Waals surface area contributed by atoms with Crippen molar-refractivity contribution in [3.8, 4) is 0 Å². The topological polar surface area (TPSA) is 41.6 Å². The molecule has 1 aromatic rings. The molecule has 0 saturated carbocycles. The van der Waals surface area contributed by atoms with E-state index >= 15 is 0 Å². The van der Waals surface area contributed by atoms with Gasteiger partial charge in [-0.1, -0.05) is 30.3 Å². The molecule has 0 radical (unpaired) electrons. The van der Waals surface area contributed by atoms with E-state index in [0.717, 1.165) is 18.9 Å². The van der Waals surface area contributed by atoms with E-state index in [2.05, 4.69) is 34.2 Å². The Hall–Kier alpha value is -1.51. The molecular weight excluding hydrogens is 198 g/mol. The van der Waals surface area contributed by atoms with Gasteiger partial charge in [-0.3, -0.25) is 0 Å². The van der Waals surface area contributed by atoms with Crippen molar-refractivity contribution in [3.63, 3.8) is 0 Å². The summed E-state index contributed by atoms with van der Waals surface area (Å²) in [7, 11) is 0. The molecule has 1 saturated heterocycles. The number of benzene rings is 1. The van der Waals surface area contributed by atoms with Crippen LogP contribution in [-0.4, -0.2) is 23.4 Å². The molecule has 0 aromatic heterocycles. The van der Waals surface area contributed by atoms with E-state index < -0.39 is 0 Å². The fourth-order valence-corrected chi connectivity index (χ4v) is 2.81. The molecule has 0 amide bonds. The predicted octanol–water partition coefficient (Wildman–Crippen LogP) is 1.91. The summed E-state index contributed by atoms with van der Waals surface area (Å²) in [6, 6.07) is 11.4. The summed E-state index contributed by atoms with van der Waals surface area (Å²) in [4.78, 5) is 6.88. The highest BCUT2D eigenvalue weighted by molar-refractivity contribution is 5.79. The van der Waals surface area contributed by atoms with Crippen molar-refractivity contribution in [2.24, 2.45) is 10.7 Å². The van der Waals surface area contributed by atoms with Crippen molar-refractivity contribution in [1.82, 2.24) is 4.90 Å². The van der Waals surface area contributed by atoms with Gasteiger partial charge < -0.3 is 10.6 Å². The molecular formula is C13H17N3. The molecule has 84 valence electrons. The normalized spacial score (nSPS) is 28.8. The second-order valence-corrected chi connectivity index (χ2v) is 4.64. The van der Waals surface area contributed by atoms with E-state index in [-0.39, 0.29) is 6.04 Å². The van der Waals surface area contributed by atoms with Gasteiger partial charge in [0.2, 0.25) is 0 Å². The van der Waals surface area contributed by atoms with Crippen molar-refractivity contribution < 1.29 is 0 Å². The maximum atomic E-state index is 6.02. The largest absolute Gasteiger partial charge is 0.370 e. The minimum Gasteiger partial charge on any atom is -0.370 e. The number of guanidine groups is 1. The van der Waals surface area contributed by atoms with Gasteiger partial charge in [0.1, 0.15) is 0 Å².